The first-order chi connectivity index (χ1) is 6.24. The summed E-state index contributed by atoms with van der Waals surface area (Å²) in [4.78, 5) is 3.72. The van der Waals surface area contributed by atoms with Gasteiger partial charge in [0.25, 0.3) is 0 Å². The molecule has 1 atom stereocenters. The summed E-state index contributed by atoms with van der Waals surface area (Å²) in [7, 11) is 1.77. The molecule has 1 fully saturated rings. The number of aryl methyl sites for hydroxylation is 1. The van der Waals surface area contributed by atoms with Crippen LogP contribution in [-0.2, 0) is 13.6 Å². The summed E-state index contributed by atoms with van der Waals surface area (Å²) in [5, 5.41) is 12.1. The van der Waals surface area contributed by atoms with Crippen LogP contribution >= 0.6 is 11.6 Å². The topological polar surface area (TPSA) is 46.8 Å². The Hall–Kier alpha value is -0.680. The Morgan fingerprint density at radius 2 is 2.46 bits per heavy atom. The summed E-state index contributed by atoms with van der Waals surface area (Å²) >= 11 is 5.98. The molecular weight excluding hydrogens is 190 g/mol. The number of aromatic nitrogens is 4. The van der Waals surface area contributed by atoms with E-state index in [1.54, 1.807) is 7.05 Å². The SMILES string of the molecule is Cn1nnc(CN2CCC(Cl)C2)n1. The molecular formula is C7H12ClN5. The Morgan fingerprint density at radius 3 is 3.00 bits per heavy atom. The van der Waals surface area contributed by atoms with Crippen molar-refractivity contribution in [3.63, 3.8) is 0 Å². The van der Waals surface area contributed by atoms with E-state index in [-0.39, 0.29) is 5.38 Å². The minimum Gasteiger partial charge on any atom is -0.294 e. The molecule has 1 saturated heterocycles. The predicted octanol–water partition coefficient (Wildman–Crippen LogP) is 0.0232. The zero-order chi connectivity index (χ0) is 9.26. The zero-order valence-electron chi connectivity index (χ0n) is 7.52. The number of tetrazole rings is 1. The van der Waals surface area contributed by atoms with Gasteiger partial charge in [0.05, 0.1) is 13.6 Å². The van der Waals surface area contributed by atoms with Gasteiger partial charge in [-0.05, 0) is 11.6 Å². The highest BCUT2D eigenvalue weighted by atomic mass is 35.5. The number of halogens is 1. The average molecular weight is 202 g/mol. The highest BCUT2D eigenvalue weighted by Crippen LogP contribution is 2.15. The number of rotatable bonds is 2. The summed E-state index contributed by atoms with van der Waals surface area (Å²) < 4.78 is 0. The number of hydrogen-bond acceptors (Lipinski definition) is 4. The zero-order valence-corrected chi connectivity index (χ0v) is 8.28. The Morgan fingerprint density at radius 1 is 1.62 bits per heavy atom. The molecule has 5 nitrogen and oxygen atoms in total. The van der Waals surface area contributed by atoms with Crippen LogP contribution in [-0.4, -0.2) is 43.6 Å². The molecule has 0 bridgehead atoms. The maximum atomic E-state index is 5.98. The fourth-order valence-electron chi connectivity index (χ4n) is 1.52. The van der Waals surface area contributed by atoms with E-state index >= 15 is 0 Å². The predicted molar refractivity (Wildman–Crippen MR) is 48.3 cm³/mol. The van der Waals surface area contributed by atoms with Gasteiger partial charge in [-0.15, -0.1) is 21.8 Å². The number of likely N-dealkylation sites (tertiary alicyclic amines) is 1. The highest BCUT2D eigenvalue weighted by Gasteiger charge is 2.21. The minimum absolute atomic E-state index is 0.289. The van der Waals surface area contributed by atoms with Crippen molar-refractivity contribution < 1.29 is 0 Å². The van der Waals surface area contributed by atoms with E-state index in [1.807, 2.05) is 0 Å². The number of nitrogens with zero attached hydrogens (tertiary/aromatic N) is 5. The van der Waals surface area contributed by atoms with Gasteiger partial charge < -0.3 is 0 Å². The van der Waals surface area contributed by atoms with Crippen LogP contribution in [0.1, 0.15) is 12.2 Å². The summed E-state index contributed by atoms with van der Waals surface area (Å²) in [6.45, 7) is 2.73. The Balaban J connectivity index is 1.91. The highest BCUT2D eigenvalue weighted by molar-refractivity contribution is 6.20. The van der Waals surface area contributed by atoms with Crippen molar-refractivity contribution in [3.8, 4) is 0 Å². The van der Waals surface area contributed by atoms with Crippen molar-refractivity contribution in [2.24, 2.45) is 7.05 Å². The summed E-state index contributed by atoms with van der Waals surface area (Å²) in [5.41, 5.74) is 0. The molecule has 13 heavy (non-hydrogen) atoms. The lowest BCUT2D eigenvalue weighted by Gasteiger charge is -2.10. The van der Waals surface area contributed by atoms with Crippen molar-refractivity contribution in [1.29, 1.82) is 0 Å². The molecule has 0 aromatic carbocycles. The fraction of sp³-hybridized carbons (Fsp3) is 0.857. The smallest absolute Gasteiger partial charge is 0.188 e. The molecule has 1 aromatic rings. The van der Waals surface area contributed by atoms with E-state index in [1.165, 1.54) is 4.80 Å². The molecule has 72 valence electrons. The van der Waals surface area contributed by atoms with Gasteiger partial charge in [-0.2, -0.15) is 4.80 Å². The first-order valence-corrected chi connectivity index (χ1v) is 4.77. The van der Waals surface area contributed by atoms with Crippen LogP contribution < -0.4 is 0 Å². The first kappa shape index (κ1) is 8.90. The third kappa shape index (κ3) is 2.16. The molecule has 0 amide bonds. The second kappa shape index (κ2) is 3.59. The van der Waals surface area contributed by atoms with Gasteiger partial charge in [0, 0.05) is 18.5 Å². The molecule has 1 unspecified atom stereocenters. The first-order valence-electron chi connectivity index (χ1n) is 4.33. The van der Waals surface area contributed by atoms with E-state index < -0.39 is 0 Å². The van der Waals surface area contributed by atoms with Crippen LogP contribution in [0.3, 0.4) is 0 Å². The van der Waals surface area contributed by atoms with Crippen molar-refractivity contribution in [2.45, 2.75) is 18.3 Å². The molecule has 2 heterocycles. The normalized spacial score (nSPS) is 24.0. The summed E-state index contributed by atoms with van der Waals surface area (Å²) in [6, 6.07) is 0. The maximum Gasteiger partial charge on any atom is 0.188 e. The maximum absolute atomic E-state index is 5.98. The van der Waals surface area contributed by atoms with Crippen LogP contribution in [0.2, 0.25) is 0 Å². The van der Waals surface area contributed by atoms with Crippen LogP contribution in [0, 0.1) is 0 Å². The Labute approximate surface area is 81.7 Å². The van der Waals surface area contributed by atoms with E-state index in [9.17, 15) is 0 Å². The molecule has 0 radical (unpaired) electrons. The third-order valence-corrected chi connectivity index (χ3v) is 2.49. The van der Waals surface area contributed by atoms with Gasteiger partial charge in [-0.1, -0.05) is 0 Å². The molecule has 1 aliphatic rings. The Bertz CT molecular complexity index is 286. The van der Waals surface area contributed by atoms with Gasteiger partial charge in [0.2, 0.25) is 0 Å². The monoisotopic (exact) mass is 201 g/mol. The van der Waals surface area contributed by atoms with Crippen molar-refractivity contribution in [3.05, 3.63) is 5.82 Å². The third-order valence-electron chi connectivity index (χ3n) is 2.13. The van der Waals surface area contributed by atoms with E-state index in [4.69, 9.17) is 11.6 Å². The van der Waals surface area contributed by atoms with Crippen molar-refractivity contribution >= 4 is 11.6 Å². The molecule has 0 saturated carbocycles. The van der Waals surface area contributed by atoms with Crippen LogP contribution in [0.25, 0.3) is 0 Å². The van der Waals surface area contributed by atoms with E-state index in [2.05, 4.69) is 20.3 Å². The lowest BCUT2D eigenvalue weighted by molar-refractivity contribution is 0.322. The lowest BCUT2D eigenvalue weighted by Crippen LogP contribution is -2.21. The van der Waals surface area contributed by atoms with Gasteiger partial charge in [-0.3, -0.25) is 4.90 Å². The average Bonchev–Trinajstić information content (AvgIpc) is 2.62. The van der Waals surface area contributed by atoms with E-state index in [0.29, 0.717) is 0 Å². The summed E-state index contributed by atoms with van der Waals surface area (Å²) in [6.07, 6.45) is 1.06. The molecule has 1 aromatic heterocycles. The van der Waals surface area contributed by atoms with Gasteiger partial charge in [0.1, 0.15) is 0 Å². The fourth-order valence-corrected chi connectivity index (χ4v) is 1.81. The molecule has 0 N–H and O–H groups in total. The van der Waals surface area contributed by atoms with Crippen LogP contribution in [0.4, 0.5) is 0 Å². The number of alkyl halides is 1. The second-order valence-corrected chi connectivity index (χ2v) is 3.93. The molecule has 2 rings (SSSR count). The second-order valence-electron chi connectivity index (χ2n) is 3.32. The molecule has 0 spiro atoms. The van der Waals surface area contributed by atoms with Gasteiger partial charge in [-0.25, -0.2) is 0 Å². The molecule has 0 aliphatic carbocycles. The standard InChI is InChI=1S/C7H12ClN5/c1-12-10-7(9-11-12)5-13-3-2-6(8)4-13/h6H,2-5H2,1H3. The molecule has 1 aliphatic heterocycles. The Kier molecular flexibility index (Phi) is 2.46. The van der Waals surface area contributed by atoms with Gasteiger partial charge in [0.15, 0.2) is 5.82 Å². The minimum atomic E-state index is 0.289. The van der Waals surface area contributed by atoms with Crippen molar-refractivity contribution in [2.75, 3.05) is 13.1 Å². The molecule has 6 heteroatoms. The summed E-state index contributed by atoms with van der Waals surface area (Å²) in [5.74, 6) is 0.772. The van der Waals surface area contributed by atoms with Crippen molar-refractivity contribution in [1.82, 2.24) is 25.1 Å². The largest absolute Gasteiger partial charge is 0.294 e. The number of hydrogen-bond donors (Lipinski definition) is 0. The quantitative estimate of drug-likeness (QED) is 0.634. The van der Waals surface area contributed by atoms with Crippen LogP contribution in [0.5, 0.6) is 0 Å². The van der Waals surface area contributed by atoms with E-state index in [0.717, 1.165) is 31.9 Å². The van der Waals surface area contributed by atoms with Crippen LogP contribution in [0.15, 0.2) is 0 Å². The van der Waals surface area contributed by atoms with Gasteiger partial charge >= 0.3 is 0 Å². The lowest BCUT2D eigenvalue weighted by atomic mass is 10.4.